The first kappa shape index (κ1) is 13.3. The van der Waals surface area contributed by atoms with Crippen LogP contribution in [-0.4, -0.2) is 15.2 Å². The second kappa shape index (κ2) is 5.01. The van der Waals surface area contributed by atoms with Gasteiger partial charge in [-0.2, -0.15) is 0 Å². The largest absolute Gasteiger partial charge is 0.508 e. The summed E-state index contributed by atoms with van der Waals surface area (Å²) in [6.07, 6.45) is 0. The van der Waals surface area contributed by atoms with Crippen LogP contribution in [0, 0.1) is 6.92 Å². The Kier molecular flexibility index (Phi) is 3.17. The Hall–Kier alpha value is -2.69. The average molecular weight is 284 g/mol. The lowest BCUT2D eigenvalue weighted by Crippen LogP contribution is -2.06. The zero-order valence-corrected chi connectivity index (χ0v) is 11.8. The third kappa shape index (κ3) is 2.63. The van der Waals surface area contributed by atoms with Gasteiger partial charge in [0.15, 0.2) is 11.5 Å². The number of aromatic nitrogens is 1. The number of aromatic hydroxyl groups is 2. The molecule has 3 rings (SSSR count). The first-order valence-corrected chi connectivity index (χ1v) is 6.68. The number of anilines is 1. The van der Waals surface area contributed by atoms with Crippen molar-refractivity contribution in [3.63, 3.8) is 0 Å². The number of oxazole rings is 1. The van der Waals surface area contributed by atoms with Crippen LogP contribution in [-0.2, 0) is 0 Å². The van der Waals surface area contributed by atoms with E-state index in [1.807, 2.05) is 32.0 Å². The molecule has 0 saturated heterocycles. The molecule has 1 unspecified atom stereocenters. The summed E-state index contributed by atoms with van der Waals surface area (Å²) in [6, 6.07) is 10.1. The lowest BCUT2D eigenvalue weighted by atomic mass is 10.1. The molecule has 108 valence electrons. The number of fused-ring (bicyclic) bond motifs is 1. The summed E-state index contributed by atoms with van der Waals surface area (Å²) in [5.41, 5.74) is 3.14. The maximum atomic E-state index is 9.89. The Morgan fingerprint density at radius 2 is 1.95 bits per heavy atom. The van der Waals surface area contributed by atoms with Crippen molar-refractivity contribution in [3.05, 3.63) is 47.9 Å². The number of hydrogen-bond acceptors (Lipinski definition) is 5. The maximum Gasteiger partial charge on any atom is 0.192 e. The van der Waals surface area contributed by atoms with Crippen molar-refractivity contribution in [3.8, 4) is 11.5 Å². The summed E-state index contributed by atoms with van der Waals surface area (Å²) < 4.78 is 5.44. The summed E-state index contributed by atoms with van der Waals surface area (Å²) in [7, 11) is 0. The van der Waals surface area contributed by atoms with E-state index in [-0.39, 0.29) is 17.5 Å². The van der Waals surface area contributed by atoms with Gasteiger partial charge in [-0.05, 0) is 37.3 Å². The van der Waals surface area contributed by atoms with Crippen LogP contribution in [0.25, 0.3) is 11.1 Å². The van der Waals surface area contributed by atoms with Gasteiger partial charge in [-0.25, -0.2) is 4.98 Å². The molecule has 3 N–H and O–H groups in total. The van der Waals surface area contributed by atoms with E-state index in [1.165, 1.54) is 6.07 Å². The first-order chi connectivity index (χ1) is 10.0. The van der Waals surface area contributed by atoms with Crippen LogP contribution in [0.15, 0.2) is 40.8 Å². The third-order valence-electron chi connectivity index (χ3n) is 3.36. The van der Waals surface area contributed by atoms with E-state index in [9.17, 15) is 10.2 Å². The van der Waals surface area contributed by atoms with E-state index in [0.717, 1.165) is 16.8 Å². The van der Waals surface area contributed by atoms with Crippen molar-refractivity contribution >= 4 is 16.8 Å². The SMILES string of the molecule is Cc1nc2cc(NC(C)c3ccc(O)cc3O)ccc2o1. The van der Waals surface area contributed by atoms with Gasteiger partial charge in [-0.15, -0.1) is 0 Å². The molecule has 1 atom stereocenters. The van der Waals surface area contributed by atoms with Gasteiger partial charge < -0.3 is 19.9 Å². The third-order valence-corrected chi connectivity index (χ3v) is 3.36. The van der Waals surface area contributed by atoms with E-state index < -0.39 is 0 Å². The number of nitrogens with zero attached hydrogens (tertiary/aromatic N) is 1. The molecule has 5 heteroatoms. The van der Waals surface area contributed by atoms with Crippen LogP contribution in [0.5, 0.6) is 11.5 Å². The van der Waals surface area contributed by atoms with Crippen molar-refractivity contribution < 1.29 is 14.6 Å². The summed E-state index contributed by atoms with van der Waals surface area (Å²) in [5, 5.41) is 22.5. The highest BCUT2D eigenvalue weighted by Gasteiger charge is 2.12. The van der Waals surface area contributed by atoms with Gasteiger partial charge in [0.1, 0.15) is 17.0 Å². The molecular formula is C16H16N2O3. The van der Waals surface area contributed by atoms with E-state index in [2.05, 4.69) is 10.3 Å². The molecule has 0 radical (unpaired) electrons. The minimum atomic E-state index is -0.115. The monoisotopic (exact) mass is 284 g/mol. The highest BCUT2D eigenvalue weighted by atomic mass is 16.3. The molecule has 0 bridgehead atoms. The van der Waals surface area contributed by atoms with Crippen LogP contribution < -0.4 is 5.32 Å². The van der Waals surface area contributed by atoms with Gasteiger partial charge in [-0.1, -0.05) is 0 Å². The van der Waals surface area contributed by atoms with Gasteiger partial charge >= 0.3 is 0 Å². The topological polar surface area (TPSA) is 78.5 Å². The molecular weight excluding hydrogens is 268 g/mol. The normalized spacial score (nSPS) is 12.5. The molecule has 0 amide bonds. The number of nitrogens with one attached hydrogen (secondary N) is 1. The number of aryl methyl sites for hydroxylation is 1. The minimum absolute atomic E-state index is 0.0444. The zero-order valence-electron chi connectivity index (χ0n) is 11.8. The lowest BCUT2D eigenvalue weighted by molar-refractivity contribution is 0.444. The van der Waals surface area contributed by atoms with Crippen LogP contribution in [0.3, 0.4) is 0 Å². The van der Waals surface area contributed by atoms with Crippen LogP contribution in [0.4, 0.5) is 5.69 Å². The summed E-state index contributed by atoms with van der Waals surface area (Å²) >= 11 is 0. The molecule has 3 aromatic rings. The van der Waals surface area contributed by atoms with Gasteiger partial charge in [0.05, 0.1) is 6.04 Å². The van der Waals surface area contributed by atoms with Crippen LogP contribution in [0.2, 0.25) is 0 Å². The summed E-state index contributed by atoms with van der Waals surface area (Å²) in [6.45, 7) is 3.74. The fourth-order valence-electron chi connectivity index (χ4n) is 2.36. The minimum Gasteiger partial charge on any atom is -0.508 e. The number of rotatable bonds is 3. The Bertz CT molecular complexity index is 795. The Morgan fingerprint density at radius 3 is 2.71 bits per heavy atom. The average Bonchev–Trinajstić information content (AvgIpc) is 2.77. The molecule has 0 fully saturated rings. The van der Waals surface area contributed by atoms with Crippen molar-refractivity contribution in [2.45, 2.75) is 19.9 Å². The molecule has 0 spiro atoms. The Labute approximate surface area is 121 Å². The maximum absolute atomic E-state index is 9.89. The van der Waals surface area contributed by atoms with E-state index >= 15 is 0 Å². The summed E-state index contributed by atoms with van der Waals surface area (Å²) in [4.78, 5) is 4.29. The van der Waals surface area contributed by atoms with E-state index in [0.29, 0.717) is 11.5 Å². The lowest BCUT2D eigenvalue weighted by Gasteiger charge is -2.17. The van der Waals surface area contributed by atoms with Crippen molar-refractivity contribution in [1.29, 1.82) is 0 Å². The highest BCUT2D eigenvalue weighted by molar-refractivity contribution is 5.77. The molecule has 1 heterocycles. The quantitative estimate of drug-likeness (QED) is 0.683. The van der Waals surface area contributed by atoms with Gasteiger partial charge in [0, 0.05) is 24.2 Å². The number of hydrogen-bond donors (Lipinski definition) is 3. The standard InChI is InChI=1S/C16H16N2O3/c1-9(13-5-4-12(19)8-15(13)20)17-11-3-6-16-14(7-11)18-10(2)21-16/h3-9,17,19-20H,1-2H3. The van der Waals surface area contributed by atoms with Crippen molar-refractivity contribution in [2.75, 3.05) is 5.32 Å². The van der Waals surface area contributed by atoms with Gasteiger partial charge in [0.2, 0.25) is 0 Å². The van der Waals surface area contributed by atoms with E-state index in [1.54, 1.807) is 12.1 Å². The predicted octanol–water partition coefficient (Wildman–Crippen LogP) is 3.72. The molecule has 21 heavy (non-hydrogen) atoms. The molecule has 0 aliphatic rings. The molecule has 0 aliphatic heterocycles. The van der Waals surface area contributed by atoms with Crippen LogP contribution in [0.1, 0.15) is 24.4 Å². The molecule has 0 saturated carbocycles. The van der Waals surface area contributed by atoms with Crippen molar-refractivity contribution in [2.24, 2.45) is 0 Å². The Balaban J connectivity index is 1.86. The predicted molar refractivity (Wildman–Crippen MR) is 80.6 cm³/mol. The Morgan fingerprint density at radius 1 is 1.14 bits per heavy atom. The van der Waals surface area contributed by atoms with Crippen LogP contribution >= 0.6 is 0 Å². The second-order valence-corrected chi connectivity index (χ2v) is 5.02. The molecule has 1 aromatic heterocycles. The highest BCUT2D eigenvalue weighted by Crippen LogP contribution is 2.30. The fourth-order valence-corrected chi connectivity index (χ4v) is 2.36. The fraction of sp³-hybridized carbons (Fsp3) is 0.188. The zero-order chi connectivity index (χ0) is 15.0. The first-order valence-electron chi connectivity index (χ1n) is 6.68. The molecule has 0 aliphatic carbocycles. The number of phenols is 2. The summed E-state index contributed by atoms with van der Waals surface area (Å²) in [5.74, 6) is 0.739. The van der Waals surface area contributed by atoms with Crippen molar-refractivity contribution in [1.82, 2.24) is 4.98 Å². The second-order valence-electron chi connectivity index (χ2n) is 5.02. The van der Waals surface area contributed by atoms with Gasteiger partial charge in [-0.3, -0.25) is 0 Å². The number of phenolic OH excluding ortho intramolecular Hbond substituents is 2. The van der Waals surface area contributed by atoms with Gasteiger partial charge in [0.25, 0.3) is 0 Å². The van der Waals surface area contributed by atoms with E-state index in [4.69, 9.17) is 4.42 Å². The smallest absolute Gasteiger partial charge is 0.192 e. The molecule has 5 nitrogen and oxygen atoms in total. The number of benzene rings is 2. The molecule has 2 aromatic carbocycles.